The number of sulfonamides is 1. The summed E-state index contributed by atoms with van der Waals surface area (Å²) in [5, 5.41) is 4.99. The van der Waals surface area contributed by atoms with Crippen LogP contribution in [0.15, 0.2) is 48.5 Å². The molecule has 11 heteroatoms. The summed E-state index contributed by atoms with van der Waals surface area (Å²) in [6.07, 6.45) is -2.55. The van der Waals surface area contributed by atoms with Crippen LogP contribution in [0, 0.1) is 0 Å². The first-order chi connectivity index (χ1) is 14.4. The molecule has 1 fully saturated rings. The van der Waals surface area contributed by atoms with E-state index in [0.717, 1.165) is 22.7 Å². The van der Waals surface area contributed by atoms with E-state index >= 15 is 0 Å². The van der Waals surface area contributed by atoms with Gasteiger partial charge in [0, 0.05) is 23.5 Å². The SMILES string of the molecule is CS(=O)(=O)N1CCCC1C(=O)Nc1cccc(C(=O)Nc2cccc(C(F)(F)F)c2)c1. The Kier molecular flexibility index (Phi) is 6.37. The van der Waals surface area contributed by atoms with Crippen molar-refractivity contribution in [3.8, 4) is 0 Å². The van der Waals surface area contributed by atoms with Crippen molar-refractivity contribution in [2.75, 3.05) is 23.4 Å². The van der Waals surface area contributed by atoms with E-state index in [1.807, 2.05) is 0 Å². The summed E-state index contributed by atoms with van der Waals surface area (Å²) in [5.41, 5.74) is -0.536. The normalized spacial score (nSPS) is 17.4. The molecule has 1 saturated heterocycles. The molecule has 3 rings (SSSR count). The molecule has 0 saturated carbocycles. The Balaban J connectivity index is 1.72. The van der Waals surface area contributed by atoms with E-state index in [2.05, 4.69) is 10.6 Å². The summed E-state index contributed by atoms with van der Waals surface area (Å²) < 4.78 is 63.3. The van der Waals surface area contributed by atoms with Crippen molar-refractivity contribution in [3.05, 3.63) is 59.7 Å². The molecular weight excluding hydrogens is 435 g/mol. The Hall–Kier alpha value is -2.92. The molecule has 7 nitrogen and oxygen atoms in total. The van der Waals surface area contributed by atoms with Gasteiger partial charge in [-0.25, -0.2) is 8.42 Å². The van der Waals surface area contributed by atoms with Crippen molar-refractivity contribution in [2.45, 2.75) is 25.1 Å². The van der Waals surface area contributed by atoms with Crippen LogP contribution in [0.4, 0.5) is 24.5 Å². The Labute approximate surface area is 177 Å². The largest absolute Gasteiger partial charge is 0.416 e. The van der Waals surface area contributed by atoms with Gasteiger partial charge in [-0.3, -0.25) is 9.59 Å². The highest BCUT2D eigenvalue weighted by Crippen LogP contribution is 2.30. The number of hydrogen-bond acceptors (Lipinski definition) is 4. The van der Waals surface area contributed by atoms with Gasteiger partial charge in [0.2, 0.25) is 15.9 Å². The first-order valence-corrected chi connectivity index (χ1v) is 11.2. The number of carbonyl (C=O) groups excluding carboxylic acids is 2. The first-order valence-electron chi connectivity index (χ1n) is 9.31. The van der Waals surface area contributed by atoms with Crippen LogP contribution in [0.2, 0.25) is 0 Å². The molecule has 2 aromatic carbocycles. The van der Waals surface area contributed by atoms with Crippen LogP contribution in [-0.2, 0) is 21.0 Å². The van der Waals surface area contributed by atoms with Crippen molar-refractivity contribution in [3.63, 3.8) is 0 Å². The van der Waals surface area contributed by atoms with Gasteiger partial charge in [0.15, 0.2) is 0 Å². The summed E-state index contributed by atoms with van der Waals surface area (Å²) in [6, 6.07) is 9.23. The van der Waals surface area contributed by atoms with Crippen LogP contribution in [0.5, 0.6) is 0 Å². The number of hydrogen-bond donors (Lipinski definition) is 2. The summed E-state index contributed by atoms with van der Waals surface area (Å²) in [5.74, 6) is -1.17. The number of halogens is 3. The molecule has 166 valence electrons. The minimum absolute atomic E-state index is 0.0241. The zero-order chi connectivity index (χ0) is 22.8. The van der Waals surface area contributed by atoms with Crippen LogP contribution in [-0.4, -0.2) is 43.4 Å². The first kappa shape index (κ1) is 22.8. The monoisotopic (exact) mass is 455 g/mol. The average molecular weight is 455 g/mol. The lowest BCUT2D eigenvalue weighted by Crippen LogP contribution is -2.42. The highest BCUT2D eigenvalue weighted by Gasteiger charge is 2.36. The quantitative estimate of drug-likeness (QED) is 0.723. The number of nitrogens with zero attached hydrogens (tertiary/aromatic N) is 1. The highest BCUT2D eigenvalue weighted by atomic mass is 32.2. The van der Waals surface area contributed by atoms with E-state index in [-0.39, 0.29) is 23.5 Å². The van der Waals surface area contributed by atoms with Crippen LogP contribution in [0.25, 0.3) is 0 Å². The maximum absolute atomic E-state index is 12.8. The van der Waals surface area contributed by atoms with Gasteiger partial charge in [-0.15, -0.1) is 0 Å². The van der Waals surface area contributed by atoms with Crippen molar-refractivity contribution in [2.24, 2.45) is 0 Å². The second-order valence-corrected chi connectivity index (χ2v) is 9.07. The van der Waals surface area contributed by atoms with Gasteiger partial charge < -0.3 is 10.6 Å². The fourth-order valence-electron chi connectivity index (χ4n) is 3.34. The van der Waals surface area contributed by atoms with Crippen molar-refractivity contribution in [1.29, 1.82) is 0 Å². The number of alkyl halides is 3. The third kappa shape index (κ3) is 5.61. The van der Waals surface area contributed by atoms with Crippen molar-refractivity contribution < 1.29 is 31.2 Å². The molecule has 31 heavy (non-hydrogen) atoms. The Bertz CT molecular complexity index is 1100. The Morgan fingerprint density at radius 1 is 1.03 bits per heavy atom. The van der Waals surface area contributed by atoms with E-state index in [1.54, 1.807) is 0 Å². The summed E-state index contributed by atoms with van der Waals surface area (Å²) in [7, 11) is -3.53. The number of rotatable bonds is 5. The third-order valence-corrected chi connectivity index (χ3v) is 6.06. The van der Waals surface area contributed by atoms with Gasteiger partial charge in [0.05, 0.1) is 11.8 Å². The van der Waals surface area contributed by atoms with E-state index in [4.69, 9.17) is 0 Å². The molecule has 0 bridgehead atoms. The lowest BCUT2D eigenvalue weighted by molar-refractivity contribution is -0.137. The summed E-state index contributed by atoms with van der Waals surface area (Å²) in [6.45, 7) is 0.260. The van der Waals surface area contributed by atoms with Gasteiger partial charge in [0.25, 0.3) is 5.91 Å². The second kappa shape index (κ2) is 8.67. The molecule has 2 amide bonds. The topological polar surface area (TPSA) is 95.6 Å². The third-order valence-electron chi connectivity index (χ3n) is 4.77. The molecule has 1 heterocycles. The minimum Gasteiger partial charge on any atom is -0.325 e. The highest BCUT2D eigenvalue weighted by molar-refractivity contribution is 7.88. The molecule has 0 aliphatic carbocycles. The standard InChI is InChI=1S/C20H20F3N3O4S/c1-31(29,30)26-10-4-9-17(26)19(28)25-15-7-2-5-13(11-15)18(27)24-16-8-3-6-14(12-16)20(21,22)23/h2-3,5-8,11-12,17H,4,9-10H2,1H3,(H,24,27)(H,25,28). The van der Waals surface area contributed by atoms with Crippen molar-refractivity contribution in [1.82, 2.24) is 4.31 Å². The fourth-order valence-corrected chi connectivity index (χ4v) is 4.46. The number of carbonyl (C=O) groups is 2. The fraction of sp³-hybridized carbons (Fsp3) is 0.300. The molecule has 1 atom stereocenters. The van der Waals surface area contributed by atoms with Crippen LogP contribution in [0.1, 0.15) is 28.8 Å². The molecule has 1 unspecified atom stereocenters. The predicted molar refractivity (Wildman–Crippen MR) is 109 cm³/mol. The van der Waals surface area contributed by atoms with Crippen LogP contribution < -0.4 is 10.6 Å². The maximum Gasteiger partial charge on any atom is 0.416 e. The summed E-state index contributed by atoms with van der Waals surface area (Å²) in [4.78, 5) is 25.0. The number of anilines is 2. The smallest absolute Gasteiger partial charge is 0.325 e. The molecule has 1 aliphatic rings. The van der Waals surface area contributed by atoms with Crippen LogP contribution >= 0.6 is 0 Å². The van der Waals surface area contributed by atoms with Crippen molar-refractivity contribution >= 4 is 33.2 Å². The number of nitrogens with one attached hydrogen (secondary N) is 2. The average Bonchev–Trinajstić information content (AvgIpc) is 3.18. The molecule has 2 N–H and O–H groups in total. The molecule has 0 aromatic heterocycles. The van der Waals surface area contributed by atoms with Crippen LogP contribution in [0.3, 0.4) is 0 Å². The van der Waals surface area contributed by atoms with E-state index in [9.17, 15) is 31.2 Å². The lowest BCUT2D eigenvalue weighted by atomic mass is 10.1. The van der Waals surface area contributed by atoms with Gasteiger partial charge in [-0.05, 0) is 49.2 Å². The van der Waals surface area contributed by atoms with Gasteiger partial charge >= 0.3 is 6.18 Å². The minimum atomic E-state index is -4.54. The number of amides is 2. The van der Waals surface area contributed by atoms with Gasteiger partial charge in [0.1, 0.15) is 6.04 Å². The zero-order valence-corrected chi connectivity index (χ0v) is 17.3. The second-order valence-electron chi connectivity index (χ2n) is 7.13. The van der Waals surface area contributed by atoms with Gasteiger partial charge in [-0.2, -0.15) is 17.5 Å². The Morgan fingerprint density at radius 2 is 1.68 bits per heavy atom. The van der Waals surface area contributed by atoms with E-state index in [0.29, 0.717) is 12.8 Å². The summed E-state index contributed by atoms with van der Waals surface area (Å²) >= 11 is 0. The lowest BCUT2D eigenvalue weighted by Gasteiger charge is -2.21. The van der Waals surface area contributed by atoms with E-state index < -0.39 is 39.6 Å². The number of benzene rings is 2. The maximum atomic E-state index is 12.8. The molecular formula is C20H20F3N3O4S. The zero-order valence-electron chi connectivity index (χ0n) is 16.4. The van der Waals surface area contributed by atoms with E-state index in [1.165, 1.54) is 36.4 Å². The molecule has 1 aliphatic heterocycles. The molecule has 2 aromatic rings. The molecule has 0 spiro atoms. The van der Waals surface area contributed by atoms with Gasteiger partial charge in [-0.1, -0.05) is 12.1 Å². The predicted octanol–water partition coefficient (Wildman–Crippen LogP) is 3.32. The Morgan fingerprint density at radius 3 is 2.32 bits per heavy atom. The molecule has 0 radical (unpaired) electrons.